The Morgan fingerprint density at radius 3 is 2.54 bits per heavy atom. The molecule has 3 heteroatoms. The zero-order chi connectivity index (χ0) is 10.3. The average molecular weight is 218 g/mol. The minimum atomic E-state index is 0.125. The van der Waals surface area contributed by atoms with Crippen molar-refractivity contribution in [1.29, 1.82) is 0 Å². The first-order valence-electron chi connectivity index (χ1n) is 4.59. The van der Waals surface area contributed by atoms with Gasteiger partial charge in [0.25, 0.3) is 0 Å². The Bertz CT molecular complexity index is 172. The Hall–Kier alpha value is 0.110. The third kappa shape index (κ3) is 6.22. The topological polar surface area (TPSA) is 17.1 Å². The third-order valence-electron chi connectivity index (χ3n) is 1.68. The van der Waals surface area contributed by atoms with Crippen molar-refractivity contribution in [2.45, 2.75) is 38.4 Å². The van der Waals surface area contributed by atoms with Crippen LogP contribution in [0.15, 0.2) is 12.2 Å². The summed E-state index contributed by atoms with van der Waals surface area (Å²) in [6.45, 7) is 7.54. The monoisotopic (exact) mass is 218 g/mol. The van der Waals surface area contributed by atoms with Crippen LogP contribution in [0.4, 0.5) is 0 Å². The van der Waals surface area contributed by atoms with Gasteiger partial charge in [0, 0.05) is 5.25 Å². The van der Waals surface area contributed by atoms with Crippen LogP contribution < -0.4 is 0 Å². The van der Waals surface area contributed by atoms with Gasteiger partial charge in [0.2, 0.25) is 5.12 Å². The molecule has 1 nitrogen and oxygen atoms in total. The number of hydrogen-bond donors (Lipinski definition) is 1. The van der Waals surface area contributed by atoms with E-state index in [1.54, 1.807) is 6.92 Å². The van der Waals surface area contributed by atoms with Crippen molar-refractivity contribution in [3.63, 3.8) is 0 Å². The van der Waals surface area contributed by atoms with E-state index in [-0.39, 0.29) is 5.12 Å². The second-order valence-corrected chi connectivity index (χ2v) is 4.83. The summed E-state index contributed by atoms with van der Waals surface area (Å²) in [6.07, 6.45) is 3.21. The van der Waals surface area contributed by atoms with Gasteiger partial charge in [-0.2, -0.15) is 12.6 Å². The lowest BCUT2D eigenvalue weighted by Crippen LogP contribution is -2.07. The number of carbonyl (C=O) groups excluding carboxylic acids is 1. The molecule has 0 spiro atoms. The molecule has 0 aliphatic rings. The van der Waals surface area contributed by atoms with Crippen LogP contribution in [0, 0.1) is 0 Å². The molecule has 0 aliphatic heterocycles. The van der Waals surface area contributed by atoms with Gasteiger partial charge in [-0.15, -0.1) is 0 Å². The molecule has 76 valence electrons. The molecule has 1 unspecified atom stereocenters. The third-order valence-corrected chi connectivity index (χ3v) is 3.31. The summed E-state index contributed by atoms with van der Waals surface area (Å²) in [4.78, 5) is 11.3. The van der Waals surface area contributed by atoms with E-state index in [9.17, 15) is 4.79 Å². The van der Waals surface area contributed by atoms with Crippen LogP contribution in [-0.2, 0) is 4.79 Å². The molecule has 0 rings (SSSR count). The summed E-state index contributed by atoms with van der Waals surface area (Å²) in [5.74, 6) is 0.848. The molecule has 13 heavy (non-hydrogen) atoms. The minimum absolute atomic E-state index is 0.125. The van der Waals surface area contributed by atoms with E-state index >= 15 is 0 Å². The maximum Gasteiger partial charge on any atom is 0.214 e. The molecule has 0 fully saturated rings. The van der Waals surface area contributed by atoms with E-state index in [1.165, 1.54) is 11.8 Å². The summed E-state index contributed by atoms with van der Waals surface area (Å²) >= 11 is 5.59. The summed E-state index contributed by atoms with van der Waals surface area (Å²) < 4.78 is 0. The fourth-order valence-electron chi connectivity index (χ4n) is 0.980. The van der Waals surface area contributed by atoms with Crippen LogP contribution in [0.3, 0.4) is 0 Å². The predicted molar refractivity (Wildman–Crippen MR) is 64.6 cm³/mol. The van der Waals surface area contributed by atoms with Crippen molar-refractivity contribution >= 4 is 29.5 Å². The highest BCUT2D eigenvalue weighted by atomic mass is 32.2. The zero-order valence-corrected chi connectivity index (χ0v) is 10.1. The Morgan fingerprint density at radius 1 is 1.54 bits per heavy atom. The fraction of sp³-hybridized carbons (Fsp3) is 0.700. The quantitative estimate of drug-likeness (QED) is 0.544. The van der Waals surface area contributed by atoms with Gasteiger partial charge in [0.15, 0.2) is 0 Å². The van der Waals surface area contributed by atoms with E-state index in [0.717, 1.165) is 25.0 Å². The van der Waals surface area contributed by atoms with E-state index in [1.807, 2.05) is 0 Å². The van der Waals surface area contributed by atoms with Gasteiger partial charge < -0.3 is 0 Å². The Morgan fingerprint density at radius 2 is 2.15 bits per heavy atom. The van der Waals surface area contributed by atoms with E-state index in [0.29, 0.717) is 10.8 Å². The molecule has 0 aromatic heterocycles. The number of thiol groups is 1. The largest absolute Gasteiger partial charge is 0.282 e. The molecular formula is C10H18OS2. The van der Waals surface area contributed by atoms with Crippen LogP contribution in [-0.4, -0.2) is 16.1 Å². The van der Waals surface area contributed by atoms with Gasteiger partial charge in [-0.3, -0.25) is 4.79 Å². The smallest absolute Gasteiger partial charge is 0.214 e. The molecule has 0 amide bonds. The lowest BCUT2D eigenvalue weighted by atomic mass is 10.2. The van der Waals surface area contributed by atoms with Crippen LogP contribution in [0.25, 0.3) is 0 Å². The molecule has 0 heterocycles. The van der Waals surface area contributed by atoms with E-state index in [4.69, 9.17) is 0 Å². The summed E-state index contributed by atoms with van der Waals surface area (Å²) in [5.41, 5.74) is 0.644. The summed E-state index contributed by atoms with van der Waals surface area (Å²) in [5, 5.41) is 0.548. The van der Waals surface area contributed by atoms with Crippen molar-refractivity contribution in [2.24, 2.45) is 0 Å². The van der Waals surface area contributed by atoms with E-state index < -0.39 is 0 Å². The molecule has 0 N–H and O–H groups in total. The Balaban J connectivity index is 3.93. The van der Waals surface area contributed by atoms with Crippen LogP contribution in [0.1, 0.15) is 33.1 Å². The highest BCUT2D eigenvalue weighted by Crippen LogP contribution is 2.23. The fourth-order valence-corrected chi connectivity index (χ4v) is 2.56. The average Bonchev–Trinajstić information content (AvgIpc) is 2.05. The van der Waals surface area contributed by atoms with Crippen LogP contribution in [0.2, 0.25) is 0 Å². The molecular weight excluding hydrogens is 200 g/mol. The molecule has 0 bridgehead atoms. The van der Waals surface area contributed by atoms with Gasteiger partial charge in [-0.25, -0.2) is 0 Å². The second-order valence-electron chi connectivity index (χ2n) is 3.11. The van der Waals surface area contributed by atoms with Crippen LogP contribution >= 0.6 is 24.4 Å². The predicted octanol–water partition coefficient (Wildman–Crippen LogP) is 3.31. The van der Waals surface area contributed by atoms with Crippen molar-refractivity contribution in [2.75, 3.05) is 5.75 Å². The van der Waals surface area contributed by atoms with Gasteiger partial charge in [-0.05, 0) is 31.1 Å². The molecule has 1 atom stereocenters. The Labute approximate surface area is 90.8 Å². The molecule has 0 saturated heterocycles. The lowest BCUT2D eigenvalue weighted by molar-refractivity contribution is -0.107. The molecule has 0 radical (unpaired) electrons. The first-order valence-corrected chi connectivity index (χ1v) is 6.10. The van der Waals surface area contributed by atoms with Gasteiger partial charge in [0.1, 0.15) is 0 Å². The number of carbonyl (C=O) groups is 1. The molecule has 0 aromatic rings. The number of thioether (sulfide) groups is 1. The van der Waals surface area contributed by atoms with Crippen molar-refractivity contribution in [3.05, 3.63) is 12.2 Å². The summed E-state index contributed by atoms with van der Waals surface area (Å²) in [6, 6.07) is 0. The van der Waals surface area contributed by atoms with Crippen molar-refractivity contribution < 1.29 is 4.79 Å². The zero-order valence-electron chi connectivity index (χ0n) is 8.38. The highest BCUT2D eigenvalue weighted by Gasteiger charge is 2.13. The number of rotatable bonds is 6. The van der Waals surface area contributed by atoms with Gasteiger partial charge in [-0.1, -0.05) is 31.7 Å². The molecule has 0 aromatic carbocycles. The summed E-state index contributed by atoms with van der Waals surface area (Å²) in [7, 11) is 0. The first kappa shape index (κ1) is 13.1. The molecule has 0 saturated carbocycles. The first-order chi connectivity index (χ1) is 6.11. The SMILES string of the molecule is C=C(C)C(=O)SC(CCC)CCS. The van der Waals surface area contributed by atoms with Crippen molar-refractivity contribution in [3.8, 4) is 0 Å². The normalized spacial score (nSPS) is 12.5. The standard InChI is InChI=1S/C10H18OS2/c1-4-5-9(6-7-12)13-10(11)8(2)3/h9,12H,2,4-7H2,1,3H3. The molecule has 0 aliphatic carbocycles. The maximum atomic E-state index is 11.3. The van der Waals surface area contributed by atoms with Crippen molar-refractivity contribution in [1.82, 2.24) is 0 Å². The lowest BCUT2D eigenvalue weighted by Gasteiger charge is -2.12. The minimum Gasteiger partial charge on any atom is -0.282 e. The van der Waals surface area contributed by atoms with Crippen LogP contribution in [0.5, 0.6) is 0 Å². The maximum absolute atomic E-state index is 11.3. The number of hydrogen-bond acceptors (Lipinski definition) is 3. The van der Waals surface area contributed by atoms with E-state index in [2.05, 4.69) is 26.1 Å². The highest BCUT2D eigenvalue weighted by molar-refractivity contribution is 8.14. The second kappa shape index (κ2) is 7.51. The van der Waals surface area contributed by atoms with Gasteiger partial charge >= 0.3 is 0 Å². The van der Waals surface area contributed by atoms with Gasteiger partial charge in [0.05, 0.1) is 0 Å². The Kier molecular flexibility index (Phi) is 7.57.